The van der Waals surface area contributed by atoms with Crippen molar-refractivity contribution in [1.82, 2.24) is 0 Å². The number of nitriles is 1. The summed E-state index contributed by atoms with van der Waals surface area (Å²) in [6, 6.07) is 7.85. The van der Waals surface area contributed by atoms with Gasteiger partial charge < -0.3 is 4.18 Å². The van der Waals surface area contributed by atoms with Crippen LogP contribution >= 0.6 is 0 Å². The molecule has 6 heteroatoms. The van der Waals surface area contributed by atoms with E-state index in [4.69, 9.17) is 5.26 Å². The van der Waals surface area contributed by atoms with Crippen molar-refractivity contribution in [1.29, 1.82) is 5.26 Å². The number of rotatable bonds is 2. The van der Waals surface area contributed by atoms with E-state index in [0.717, 1.165) is 5.40 Å². The van der Waals surface area contributed by atoms with Crippen LogP contribution in [0, 0.1) is 10.7 Å². The molecule has 0 aliphatic carbocycles. The zero-order valence-corrected chi connectivity index (χ0v) is 6.78. The summed E-state index contributed by atoms with van der Waals surface area (Å²) < 4.78 is 25.5. The summed E-state index contributed by atoms with van der Waals surface area (Å²) >= 11 is 0. The van der Waals surface area contributed by atoms with Crippen molar-refractivity contribution in [3.8, 4) is 11.2 Å². The third-order valence-corrected chi connectivity index (χ3v) is 1.70. The molecule has 0 amide bonds. The molecule has 0 saturated carbocycles. The van der Waals surface area contributed by atoms with Crippen molar-refractivity contribution in [3.63, 3.8) is 0 Å². The molecule has 0 aliphatic rings. The van der Waals surface area contributed by atoms with Gasteiger partial charge in [-0.25, -0.2) is 0 Å². The van der Waals surface area contributed by atoms with E-state index in [1.54, 1.807) is 18.2 Å². The van der Waals surface area contributed by atoms with Crippen molar-refractivity contribution in [2.75, 3.05) is 0 Å². The molecule has 13 heavy (non-hydrogen) atoms. The maximum atomic E-state index is 10.6. The molecule has 64 valence electrons. The Bertz CT molecular complexity index is 395. The van der Waals surface area contributed by atoms with E-state index >= 15 is 0 Å². The predicted molar refractivity (Wildman–Crippen MR) is 48.8 cm³/mol. The summed E-state index contributed by atoms with van der Waals surface area (Å²) in [4.78, 5) is 0. The number of thiocyanates is 1. The van der Waals surface area contributed by atoms with Crippen LogP contribution in [0.4, 0.5) is 0 Å². The number of hydrogen-bond acceptors (Lipinski definition) is 4. The van der Waals surface area contributed by atoms with E-state index in [9.17, 15) is 8.42 Å². The van der Waals surface area contributed by atoms with Crippen molar-refractivity contribution in [3.05, 3.63) is 30.3 Å². The van der Waals surface area contributed by atoms with Crippen LogP contribution in [0.15, 0.2) is 30.3 Å². The minimum absolute atomic E-state index is 0. The average Bonchev–Trinajstić information content (AvgIpc) is 2.06. The third-order valence-electron chi connectivity index (χ3n) is 1.06. The van der Waals surface area contributed by atoms with Gasteiger partial charge in [-0.3, -0.25) is 0 Å². The Morgan fingerprint density at radius 2 is 1.77 bits per heavy atom. The second kappa shape index (κ2) is 5.25. The molecule has 0 bridgehead atoms. The van der Waals surface area contributed by atoms with Gasteiger partial charge in [-0.05, 0) is 12.1 Å². The molecule has 1 aromatic carbocycles. The fraction of sp³-hybridized carbons (Fsp3) is 0. The van der Waals surface area contributed by atoms with Gasteiger partial charge >= 0.3 is 39.7 Å². The second-order valence-electron chi connectivity index (χ2n) is 1.94. The van der Waals surface area contributed by atoms with Crippen LogP contribution in [0.1, 0.15) is 0 Å². The molecule has 4 nitrogen and oxygen atoms in total. The first kappa shape index (κ1) is 12.5. The van der Waals surface area contributed by atoms with Gasteiger partial charge in [-0.15, -0.1) is 0 Å². The quantitative estimate of drug-likeness (QED) is 0.301. The van der Waals surface area contributed by atoms with Gasteiger partial charge in [-0.2, -0.15) is 13.7 Å². The van der Waals surface area contributed by atoms with E-state index in [2.05, 4.69) is 4.18 Å². The van der Waals surface area contributed by atoms with Gasteiger partial charge in [0.2, 0.25) is 5.40 Å². The van der Waals surface area contributed by atoms with Crippen LogP contribution < -0.4 is 4.18 Å². The molecule has 0 saturated heterocycles. The standard InChI is InChI=1S/C7H5NO3S.Na.H/c8-6-12(9,10)11-7-4-2-1-3-5-7;;/h1-5H;;. The van der Waals surface area contributed by atoms with Gasteiger partial charge in [-0.1, -0.05) is 18.2 Å². The Labute approximate surface area is 98.6 Å². The fourth-order valence-corrected chi connectivity index (χ4v) is 1.02. The number of nitrogens with zero attached hydrogens (tertiary/aromatic N) is 1. The summed E-state index contributed by atoms with van der Waals surface area (Å²) in [6.07, 6.45) is 0. The monoisotopic (exact) mass is 207 g/mol. The summed E-state index contributed by atoms with van der Waals surface area (Å²) in [5.41, 5.74) is 0. The van der Waals surface area contributed by atoms with Crippen LogP contribution in [0.2, 0.25) is 0 Å². The molecule has 0 aliphatic heterocycles. The summed E-state index contributed by atoms with van der Waals surface area (Å²) in [7, 11) is -4.07. The second-order valence-corrected chi connectivity index (χ2v) is 3.20. The van der Waals surface area contributed by atoms with Gasteiger partial charge in [0, 0.05) is 0 Å². The summed E-state index contributed by atoms with van der Waals surface area (Å²) in [5, 5.41) is 9.13. The van der Waals surface area contributed by atoms with Gasteiger partial charge in [0.25, 0.3) is 0 Å². The molecule has 0 radical (unpaired) electrons. The van der Waals surface area contributed by atoms with Crippen molar-refractivity contribution in [2.24, 2.45) is 0 Å². The van der Waals surface area contributed by atoms with Gasteiger partial charge in [0.05, 0.1) is 0 Å². The van der Waals surface area contributed by atoms with E-state index < -0.39 is 10.1 Å². The molecule has 0 fully saturated rings. The molecule has 0 atom stereocenters. The van der Waals surface area contributed by atoms with Crippen molar-refractivity contribution >= 4 is 39.7 Å². The first-order valence-corrected chi connectivity index (χ1v) is 4.45. The van der Waals surface area contributed by atoms with E-state index in [-0.39, 0.29) is 35.3 Å². The predicted octanol–water partition coefficient (Wildman–Crippen LogP) is 0.228. The first-order valence-electron chi connectivity index (χ1n) is 3.04. The van der Waals surface area contributed by atoms with Crippen LogP contribution in [-0.2, 0) is 10.1 Å². The van der Waals surface area contributed by atoms with Gasteiger partial charge in [0.1, 0.15) is 5.75 Å². The Balaban J connectivity index is 0.00000144. The zero-order valence-electron chi connectivity index (χ0n) is 5.97. The van der Waals surface area contributed by atoms with Crippen molar-refractivity contribution < 1.29 is 12.6 Å². The Kier molecular flexibility index (Phi) is 5.03. The average molecular weight is 207 g/mol. The molecule has 1 rings (SSSR count). The molecule has 0 heterocycles. The topological polar surface area (TPSA) is 67.2 Å². The Morgan fingerprint density at radius 1 is 1.23 bits per heavy atom. The van der Waals surface area contributed by atoms with Crippen LogP contribution in [-0.4, -0.2) is 38.0 Å². The van der Waals surface area contributed by atoms with E-state index in [0.29, 0.717) is 0 Å². The number of hydrogen-bond donors (Lipinski definition) is 0. The SMILES string of the molecule is N#CS(=O)(=O)Oc1ccccc1.[NaH]. The molecule has 0 aromatic heterocycles. The van der Waals surface area contributed by atoms with Crippen LogP contribution in [0.25, 0.3) is 0 Å². The van der Waals surface area contributed by atoms with Crippen molar-refractivity contribution in [2.45, 2.75) is 0 Å². The first-order chi connectivity index (χ1) is 5.64. The molecular formula is C7H6NNaO3S. The zero-order chi connectivity index (χ0) is 9.03. The minimum atomic E-state index is -4.07. The Hall–Kier alpha value is -0.540. The van der Waals surface area contributed by atoms with Gasteiger partial charge in [0.15, 0.2) is 0 Å². The number of para-hydroxylation sites is 1. The van der Waals surface area contributed by atoms with Crippen LogP contribution in [0.3, 0.4) is 0 Å². The molecular weight excluding hydrogens is 201 g/mol. The molecule has 1 aromatic rings. The summed E-state index contributed by atoms with van der Waals surface area (Å²) in [5.74, 6) is 0.138. The van der Waals surface area contributed by atoms with Crippen LogP contribution in [0.5, 0.6) is 5.75 Å². The van der Waals surface area contributed by atoms with E-state index in [1.165, 1.54) is 12.1 Å². The molecule has 0 unspecified atom stereocenters. The number of benzene rings is 1. The fourth-order valence-electron chi connectivity index (χ4n) is 0.621. The molecule has 0 spiro atoms. The third kappa shape index (κ3) is 4.29. The molecule has 0 N–H and O–H groups in total. The Morgan fingerprint density at radius 3 is 2.23 bits per heavy atom. The maximum absolute atomic E-state index is 10.6. The van der Waals surface area contributed by atoms with E-state index in [1.807, 2.05) is 0 Å². The summed E-state index contributed by atoms with van der Waals surface area (Å²) in [6.45, 7) is 0. The normalized spacial score (nSPS) is 9.46.